The number of aliphatic carboxylic acids is 1. The lowest BCUT2D eigenvalue weighted by Gasteiger charge is -2.29. The number of hydrogen-bond donors (Lipinski definition) is 5. The molecule has 0 bridgehead atoms. The zero-order valence-electron chi connectivity index (χ0n) is 22.2. The summed E-state index contributed by atoms with van der Waals surface area (Å²) in [5, 5.41) is 15.9. The molecule has 4 unspecified atom stereocenters. The zero-order chi connectivity index (χ0) is 27.8. The smallest absolute Gasteiger partial charge is 0.326 e. The van der Waals surface area contributed by atoms with Gasteiger partial charge in [-0.05, 0) is 61.7 Å². The summed E-state index contributed by atoms with van der Waals surface area (Å²) in [6.07, 6.45) is 5.79. The first kappa shape index (κ1) is 29.5. The molecule has 0 spiro atoms. The van der Waals surface area contributed by atoms with Crippen molar-refractivity contribution in [1.82, 2.24) is 20.5 Å². The molecule has 0 radical (unpaired) electrons. The molecule has 1 aliphatic rings. The van der Waals surface area contributed by atoms with E-state index in [4.69, 9.17) is 5.73 Å². The summed E-state index contributed by atoms with van der Waals surface area (Å²) in [6, 6.07) is 4.30. The minimum absolute atomic E-state index is 0.0754. The van der Waals surface area contributed by atoms with Crippen molar-refractivity contribution in [2.45, 2.75) is 70.1 Å². The molecule has 10 nitrogen and oxygen atoms in total. The Morgan fingerprint density at radius 1 is 1.18 bits per heavy atom. The average molecular weight is 546 g/mol. The van der Waals surface area contributed by atoms with Crippen molar-refractivity contribution >= 4 is 46.4 Å². The van der Waals surface area contributed by atoms with E-state index >= 15 is 0 Å². The number of hydrogen-bond acceptors (Lipinski definition) is 6. The van der Waals surface area contributed by atoms with Crippen LogP contribution in [0.3, 0.4) is 0 Å². The predicted octanol–water partition coefficient (Wildman–Crippen LogP) is 1.88. The van der Waals surface area contributed by atoms with Crippen LogP contribution in [0.4, 0.5) is 0 Å². The number of carbonyl (C=O) groups is 4. The fourth-order valence-corrected chi connectivity index (χ4v) is 5.35. The third-order valence-corrected chi connectivity index (χ3v) is 7.48. The van der Waals surface area contributed by atoms with Crippen LogP contribution in [-0.2, 0) is 25.6 Å². The predicted molar refractivity (Wildman–Crippen MR) is 149 cm³/mol. The molecule has 2 heterocycles. The number of amides is 3. The number of carboxylic acid groups (broad SMARTS) is 1. The molecule has 1 fully saturated rings. The highest BCUT2D eigenvalue weighted by Gasteiger charge is 2.38. The summed E-state index contributed by atoms with van der Waals surface area (Å²) in [5.41, 5.74) is 8.22. The van der Waals surface area contributed by atoms with Gasteiger partial charge in [-0.15, -0.1) is 0 Å². The van der Waals surface area contributed by atoms with Crippen molar-refractivity contribution in [1.29, 1.82) is 0 Å². The van der Waals surface area contributed by atoms with Crippen molar-refractivity contribution in [3.8, 4) is 0 Å². The van der Waals surface area contributed by atoms with Crippen molar-refractivity contribution in [3.05, 3.63) is 36.0 Å². The standard InChI is InChI=1S/C27H39N5O5S/c1-16(2)13-22(24(33)30-21(27(36)37)10-12-38-3)31-25(34)23-9-6-11-32(23)26(35)19(28)14-17-15-29-20-8-5-4-7-18(17)20/h4-5,7-8,15-16,19,21-23,29H,6,9-14,28H2,1-3H3,(H,30,33)(H,31,34)(H,36,37). The van der Waals surface area contributed by atoms with Gasteiger partial charge in [-0.2, -0.15) is 11.8 Å². The molecule has 38 heavy (non-hydrogen) atoms. The third kappa shape index (κ3) is 7.50. The minimum atomic E-state index is -1.11. The number of carboxylic acids is 1. The lowest BCUT2D eigenvalue weighted by atomic mass is 10.0. The van der Waals surface area contributed by atoms with E-state index in [0.717, 1.165) is 16.5 Å². The largest absolute Gasteiger partial charge is 0.480 e. The number of carbonyl (C=O) groups excluding carboxylic acids is 3. The van der Waals surface area contributed by atoms with Crippen LogP contribution >= 0.6 is 11.8 Å². The quantitative estimate of drug-likeness (QED) is 0.257. The molecule has 1 aromatic heterocycles. The first-order valence-electron chi connectivity index (χ1n) is 13.1. The molecule has 1 aliphatic heterocycles. The Morgan fingerprint density at radius 2 is 1.92 bits per heavy atom. The zero-order valence-corrected chi connectivity index (χ0v) is 23.1. The van der Waals surface area contributed by atoms with Crippen molar-refractivity contribution in [3.63, 3.8) is 0 Å². The Bertz CT molecular complexity index is 1140. The molecule has 208 valence electrons. The molecular formula is C27H39N5O5S. The lowest BCUT2D eigenvalue weighted by molar-refractivity contribution is -0.143. The van der Waals surface area contributed by atoms with E-state index in [-0.39, 0.29) is 18.2 Å². The normalized spacial score (nSPS) is 17.8. The Labute approximate surface area is 227 Å². The molecule has 0 saturated carbocycles. The first-order valence-corrected chi connectivity index (χ1v) is 14.4. The van der Waals surface area contributed by atoms with Gasteiger partial charge in [0.2, 0.25) is 17.7 Å². The fraction of sp³-hybridized carbons (Fsp3) is 0.556. The van der Waals surface area contributed by atoms with Crippen LogP contribution in [0.2, 0.25) is 0 Å². The molecule has 3 rings (SSSR count). The Morgan fingerprint density at radius 3 is 2.61 bits per heavy atom. The van der Waals surface area contributed by atoms with Crippen LogP contribution in [0.1, 0.15) is 45.1 Å². The number of para-hydroxylation sites is 1. The van der Waals surface area contributed by atoms with Crippen molar-refractivity contribution < 1.29 is 24.3 Å². The van der Waals surface area contributed by atoms with Gasteiger partial charge in [-0.3, -0.25) is 14.4 Å². The number of benzene rings is 1. The van der Waals surface area contributed by atoms with Crippen LogP contribution in [-0.4, -0.2) is 81.4 Å². The second kappa shape index (κ2) is 13.7. The number of rotatable bonds is 13. The van der Waals surface area contributed by atoms with Gasteiger partial charge < -0.3 is 31.4 Å². The van der Waals surface area contributed by atoms with E-state index in [1.54, 1.807) is 0 Å². The number of fused-ring (bicyclic) bond motifs is 1. The monoisotopic (exact) mass is 545 g/mol. The molecule has 2 aromatic rings. The average Bonchev–Trinajstić information content (AvgIpc) is 3.53. The van der Waals surface area contributed by atoms with Crippen molar-refractivity contribution in [2.24, 2.45) is 11.7 Å². The highest BCUT2D eigenvalue weighted by Crippen LogP contribution is 2.22. The summed E-state index contributed by atoms with van der Waals surface area (Å²) < 4.78 is 0. The maximum Gasteiger partial charge on any atom is 0.326 e. The summed E-state index contributed by atoms with van der Waals surface area (Å²) in [6.45, 7) is 4.25. The minimum Gasteiger partial charge on any atom is -0.480 e. The summed E-state index contributed by atoms with van der Waals surface area (Å²) >= 11 is 1.49. The maximum absolute atomic E-state index is 13.3. The molecule has 6 N–H and O–H groups in total. The second-order valence-corrected chi connectivity index (χ2v) is 11.2. The molecule has 11 heteroatoms. The number of likely N-dealkylation sites (tertiary alicyclic amines) is 1. The fourth-order valence-electron chi connectivity index (χ4n) is 4.88. The van der Waals surface area contributed by atoms with Gasteiger partial charge in [0.25, 0.3) is 0 Å². The van der Waals surface area contributed by atoms with Crippen LogP contribution in [0.15, 0.2) is 30.5 Å². The first-order chi connectivity index (χ1) is 18.1. The van der Waals surface area contributed by atoms with Gasteiger partial charge >= 0.3 is 5.97 Å². The van der Waals surface area contributed by atoms with Crippen LogP contribution in [0, 0.1) is 5.92 Å². The lowest BCUT2D eigenvalue weighted by Crippen LogP contribution is -2.57. The number of aromatic amines is 1. The van der Waals surface area contributed by atoms with Crippen LogP contribution in [0.25, 0.3) is 10.9 Å². The molecule has 4 atom stereocenters. The van der Waals surface area contributed by atoms with Gasteiger partial charge in [0, 0.05) is 23.6 Å². The van der Waals surface area contributed by atoms with E-state index in [9.17, 15) is 24.3 Å². The third-order valence-electron chi connectivity index (χ3n) is 6.84. The number of nitrogens with two attached hydrogens (primary N) is 1. The SMILES string of the molecule is CSCCC(NC(=O)C(CC(C)C)NC(=O)C1CCCN1C(=O)C(N)Cc1c[nH]c2ccccc12)C(=O)O. The molecule has 0 aliphatic carbocycles. The van der Waals surface area contributed by atoms with Gasteiger partial charge in [0.15, 0.2) is 0 Å². The summed E-state index contributed by atoms with van der Waals surface area (Å²) in [5.74, 6) is -1.72. The molecular weight excluding hydrogens is 506 g/mol. The number of nitrogens with one attached hydrogen (secondary N) is 3. The van der Waals surface area contributed by atoms with E-state index in [1.807, 2.05) is 50.6 Å². The summed E-state index contributed by atoms with van der Waals surface area (Å²) in [4.78, 5) is 55.9. The molecule has 3 amide bonds. The van der Waals surface area contributed by atoms with E-state index in [0.29, 0.717) is 38.0 Å². The van der Waals surface area contributed by atoms with Crippen molar-refractivity contribution in [2.75, 3.05) is 18.6 Å². The van der Waals surface area contributed by atoms with Crippen LogP contribution in [0.5, 0.6) is 0 Å². The van der Waals surface area contributed by atoms with Gasteiger partial charge in [0.1, 0.15) is 18.1 Å². The molecule has 1 saturated heterocycles. The highest BCUT2D eigenvalue weighted by molar-refractivity contribution is 7.98. The van der Waals surface area contributed by atoms with Gasteiger partial charge in [0.05, 0.1) is 6.04 Å². The maximum atomic E-state index is 13.3. The van der Waals surface area contributed by atoms with Gasteiger partial charge in [-0.25, -0.2) is 4.79 Å². The van der Waals surface area contributed by atoms with Crippen LogP contribution < -0.4 is 16.4 Å². The summed E-state index contributed by atoms with van der Waals surface area (Å²) in [7, 11) is 0. The van der Waals surface area contributed by atoms with Gasteiger partial charge in [-0.1, -0.05) is 32.0 Å². The highest BCUT2D eigenvalue weighted by atomic mass is 32.2. The number of nitrogens with zero attached hydrogens (tertiary/aromatic N) is 1. The number of thioether (sulfide) groups is 1. The number of H-pyrrole nitrogens is 1. The Hall–Kier alpha value is -3.05. The second-order valence-electron chi connectivity index (χ2n) is 10.2. The van der Waals surface area contributed by atoms with E-state index in [2.05, 4.69) is 15.6 Å². The number of aromatic nitrogens is 1. The Kier molecular flexibility index (Phi) is 10.6. The van der Waals surface area contributed by atoms with E-state index < -0.39 is 42.0 Å². The Balaban J connectivity index is 1.67. The topological polar surface area (TPSA) is 158 Å². The van der Waals surface area contributed by atoms with E-state index in [1.165, 1.54) is 16.7 Å². The molecule has 1 aromatic carbocycles.